The number of hydrogen-bond donors (Lipinski definition) is 1. The third-order valence-corrected chi connectivity index (χ3v) is 1.93. The number of rotatable bonds is 1. The summed E-state index contributed by atoms with van der Waals surface area (Å²) in [5, 5.41) is 0. The molecule has 16 heavy (non-hydrogen) atoms. The van der Waals surface area contributed by atoms with Crippen LogP contribution < -0.4 is 5.73 Å². The molecular weight excluding hydrogens is 225 g/mol. The van der Waals surface area contributed by atoms with E-state index < -0.39 is 23.5 Å². The number of aromatic nitrogens is 1. The summed E-state index contributed by atoms with van der Waals surface area (Å²) in [5.74, 6) is -0.994. The van der Waals surface area contributed by atoms with Gasteiger partial charge in [0.1, 0.15) is 5.69 Å². The highest BCUT2D eigenvalue weighted by Gasteiger charge is 2.34. The number of anilines is 1. The van der Waals surface area contributed by atoms with Gasteiger partial charge in [0.2, 0.25) is 0 Å². The SMILES string of the molecule is COC(=O)c1nc(C(F)(F)F)cc(C)c1N. The zero-order chi connectivity index (χ0) is 12.5. The second-order valence-electron chi connectivity index (χ2n) is 3.08. The number of carbonyl (C=O) groups is 1. The smallest absolute Gasteiger partial charge is 0.433 e. The maximum absolute atomic E-state index is 12.4. The zero-order valence-corrected chi connectivity index (χ0v) is 8.55. The Labute approximate surface area is 89.2 Å². The van der Waals surface area contributed by atoms with Crippen LogP contribution in [-0.2, 0) is 10.9 Å². The first-order chi connectivity index (χ1) is 7.27. The van der Waals surface area contributed by atoms with Crippen LogP contribution >= 0.6 is 0 Å². The quantitative estimate of drug-likeness (QED) is 0.752. The molecule has 7 heteroatoms. The number of pyridine rings is 1. The largest absolute Gasteiger partial charge is 0.464 e. The van der Waals surface area contributed by atoms with Crippen molar-refractivity contribution in [2.45, 2.75) is 13.1 Å². The topological polar surface area (TPSA) is 65.2 Å². The van der Waals surface area contributed by atoms with E-state index in [1.54, 1.807) is 0 Å². The van der Waals surface area contributed by atoms with E-state index in [0.29, 0.717) is 0 Å². The fraction of sp³-hybridized carbons (Fsp3) is 0.333. The van der Waals surface area contributed by atoms with Crippen LogP contribution in [0.4, 0.5) is 18.9 Å². The number of carbonyl (C=O) groups excluding carboxylic acids is 1. The van der Waals surface area contributed by atoms with Crippen LogP contribution in [0.1, 0.15) is 21.7 Å². The number of nitrogen functional groups attached to an aromatic ring is 1. The first-order valence-corrected chi connectivity index (χ1v) is 4.20. The molecule has 0 aliphatic carbocycles. The Balaban J connectivity index is 3.39. The first-order valence-electron chi connectivity index (χ1n) is 4.20. The Morgan fingerprint density at radius 2 is 2.06 bits per heavy atom. The van der Waals surface area contributed by atoms with Crippen LogP contribution in [-0.4, -0.2) is 18.1 Å². The highest BCUT2D eigenvalue weighted by Crippen LogP contribution is 2.30. The molecule has 4 nitrogen and oxygen atoms in total. The Morgan fingerprint density at radius 1 is 1.50 bits per heavy atom. The highest BCUT2D eigenvalue weighted by molar-refractivity contribution is 5.93. The number of ether oxygens (including phenoxy) is 1. The molecule has 0 spiro atoms. The van der Waals surface area contributed by atoms with Crippen molar-refractivity contribution in [2.75, 3.05) is 12.8 Å². The molecule has 1 rings (SSSR count). The van der Waals surface area contributed by atoms with E-state index in [4.69, 9.17) is 5.73 Å². The molecule has 1 heterocycles. The molecule has 0 saturated heterocycles. The van der Waals surface area contributed by atoms with Crippen molar-refractivity contribution in [1.82, 2.24) is 4.98 Å². The predicted octanol–water partition coefficient (Wildman–Crippen LogP) is 1.78. The zero-order valence-electron chi connectivity index (χ0n) is 8.55. The third kappa shape index (κ3) is 2.23. The average molecular weight is 234 g/mol. The van der Waals surface area contributed by atoms with Gasteiger partial charge >= 0.3 is 12.1 Å². The minimum atomic E-state index is -4.62. The Bertz CT molecular complexity index is 429. The Kier molecular flexibility index (Phi) is 3.06. The Hall–Kier alpha value is -1.79. The van der Waals surface area contributed by atoms with Crippen LogP contribution in [0, 0.1) is 6.92 Å². The van der Waals surface area contributed by atoms with Gasteiger partial charge < -0.3 is 10.5 Å². The van der Waals surface area contributed by atoms with Gasteiger partial charge in [0, 0.05) is 0 Å². The lowest BCUT2D eigenvalue weighted by molar-refractivity contribution is -0.141. The molecule has 0 atom stereocenters. The monoisotopic (exact) mass is 234 g/mol. The summed E-state index contributed by atoms with van der Waals surface area (Å²) < 4.78 is 41.5. The molecule has 1 aromatic rings. The van der Waals surface area contributed by atoms with Crippen molar-refractivity contribution in [1.29, 1.82) is 0 Å². The molecule has 0 unspecified atom stereocenters. The van der Waals surface area contributed by atoms with Crippen LogP contribution in [0.5, 0.6) is 0 Å². The molecule has 0 radical (unpaired) electrons. The van der Waals surface area contributed by atoms with Crippen LogP contribution in [0.3, 0.4) is 0 Å². The molecule has 0 amide bonds. The van der Waals surface area contributed by atoms with Gasteiger partial charge in [-0.15, -0.1) is 0 Å². The third-order valence-electron chi connectivity index (χ3n) is 1.93. The lowest BCUT2D eigenvalue weighted by Crippen LogP contribution is -2.16. The average Bonchev–Trinajstić information content (AvgIpc) is 2.19. The van der Waals surface area contributed by atoms with Crippen molar-refractivity contribution in [3.05, 3.63) is 23.0 Å². The molecule has 0 saturated carbocycles. The molecular formula is C9H9F3N2O2. The number of alkyl halides is 3. The van der Waals surface area contributed by atoms with Crippen LogP contribution in [0.25, 0.3) is 0 Å². The van der Waals surface area contributed by atoms with Gasteiger partial charge in [0.05, 0.1) is 12.8 Å². The van der Waals surface area contributed by atoms with E-state index >= 15 is 0 Å². The van der Waals surface area contributed by atoms with Gasteiger partial charge in [-0.25, -0.2) is 9.78 Å². The van der Waals surface area contributed by atoms with Gasteiger partial charge in [-0.3, -0.25) is 0 Å². The second-order valence-corrected chi connectivity index (χ2v) is 3.08. The maximum Gasteiger partial charge on any atom is 0.433 e. The van der Waals surface area contributed by atoms with Crippen LogP contribution in [0.2, 0.25) is 0 Å². The molecule has 88 valence electrons. The summed E-state index contributed by atoms with van der Waals surface area (Å²) >= 11 is 0. The van der Waals surface area contributed by atoms with Gasteiger partial charge in [-0.1, -0.05) is 0 Å². The van der Waals surface area contributed by atoms with Gasteiger partial charge in [0.15, 0.2) is 5.69 Å². The standard InChI is InChI=1S/C9H9F3N2O2/c1-4-3-5(9(10,11)12)14-7(6(4)13)8(15)16-2/h3H,13H2,1-2H3. The summed E-state index contributed by atoms with van der Waals surface area (Å²) in [4.78, 5) is 14.3. The lowest BCUT2D eigenvalue weighted by atomic mass is 10.1. The summed E-state index contributed by atoms with van der Waals surface area (Å²) in [5.41, 5.74) is 3.77. The van der Waals surface area contributed by atoms with Crippen molar-refractivity contribution >= 4 is 11.7 Å². The summed E-state index contributed by atoms with van der Waals surface area (Å²) in [6.45, 7) is 1.36. The van der Waals surface area contributed by atoms with E-state index in [1.807, 2.05) is 0 Å². The number of aryl methyl sites for hydroxylation is 1. The number of methoxy groups -OCH3 is 1. The number of halogens is 3. The molecule has 0 aliphatic rings. The van der Waals surface area contributed by atoms with Gasteiger partial charge in [-0.2, -0.15) is 13.2 Å². The van der Waals surface area contributed by atoms with Gasteiger partial charge in [0.25, 0.3) is 0 Å². The number of esters is 1. The van der Waals surface area contributed by atoms with Gasteiger partial charge in [-0.05, 0) is 18.6 Å². The molecule has 0 aliphatic heterocycles. The molecule has 0 bridgehead atoms. The number of nitrogens with zero attached hydrogens (tertiary/aromatic N) is 1. The first kappa shape index (κ1) is 12.3. The van der Waals surface area contributed by atoms with E-state index in [0.717, 1.165) is 13.2 Å². The molecule has 1 aromatic heterocycles. The van der Waals surface area contributed by atoms with Crippen molar-refractivity contribution < 1.29 is 22.7 Å². The minimum Gasteiger partial charge on any atom is -0.464 e. The van der Waals surface area contributed by atoms with E-state index in [9.17, 15) is 18.0 Å². The van der Waals surface area contributed by atoms with Crippen LogP contribution in [0.15, 0.2) is 6.07 Å². The molecule has 2 N–H and O–H groups in total. The van der Waals surface area contributed by atoms with E-state index in [1.165, 1.54) is 6.92 Å². The number of hydrogen-bond acceptors (Lipinski definition) is 4. The molecule has 0 fully saturated rings. The minimum absolute atomic E-state index is 0.111. The fourth-order valence-corrected chi connectivity index (χ4v) is 1.08. The van der Waals surface area contributed by atoms with Crippen molar-refractivity contribution in [3.8, 4) is 0 Å². The highest BCUT2D eigenvalue weighted by atomic mass is 19.4. The Morgan fingerprint density at radius 3 is 2.50 bits per heavy atom. The van der Waals surface area contributed by atoms with Crippen molar-refractivity contribution in [3.63, 3.8) is 0 Å². The van der Waals surface area contributed by atoms with E-state index in [2.05, 4.69) is 9.72 Å². The maximum atomic E-state index is 12.4. The lowest BCUT2D eigenvalue weighted by Gasteiger charge is -2.11. The normalized spacial score (nSPS) is 11.3. The second kappa shape index (κ2) is 3.99. The predicted molar refractivity (Wildman–Crippen MR) is 49.7 cm³/mol. The van der Waals surface area contributed by atoms with Crippen molar-refractivity contribution in [2.24, 2.45) is 0 Å². The molecule has 0 aromatic carbocycles. The summed E-state index contributed by atoms with van der Waals surface area (Å²) in [6.07, 6.45) is -4.62. The summed E-state index contributed by atoms with van der Waals surface area (Å²) in [6, 6.07) is 0.780. The number of nitrogens with two attached hydrogens (primary N) is 1. The fourth-order valence-electron chi connectivity index (χ4n) is 1.08. The van der Waals surface area contributed by atoms with E-state index in [-0.39, 0.29) is 11.3 Å². The summed E-state index contributed by atoms with van der Waals surface area (Å²) in [7, 11) is 1.04.